The average Bonchev–Trinajstić information content (AvgIpc) is 2.18. The van der Waals surface area contributed by atoms with Gasteiger partial charge in [-0.15, -0.1) is 0 Å². The van der Waals surface area contributed by atoms with Crippen LogP contribution < -0.4 is 0 Å². The Balaban J connectivity index is 2.84. The van der Waals surface area contributed by atoms with Gasteiger partial charge >= 0.3 is 6.09 Å². The molecule has 0 fully saturated rings. The van der Waals surface area contributed by atoms with Crippen LogP contribution in [0.3, 0.4) is 0 Å². The number of hydrogen-bond acceptors (Lipinski definition) is 3. The number of rotatable bonds is 2. The molecule has 0 radical (unpaired) electrons. The van der Waals surface area contributed by atoms with Gasteiger partial charge in [-0.2, -0.15) is 0 Å². The van der Waals surface area contributed by atoms with Crippen molar-refractivity contribution in [1.29, 1.82) is 0 Å². The zero-order valence-electron chi connectivity index (χ0n) is 8.01. The molecule has 0 heterocycles. The van der Waals surface area contributed by atoms with Crippen molar-refractivity contribution in [3.05, 3.63) is 34.5 Å². The zero-order valence-corrected chi connectivity index (χ0v) is 8.77. The Hall–Kier alpha value is -1.62. The molecule has 0 aliphatic rings. The van der Waals surface area contributed by atoms with Crippen molar-refractivity contribution in [2.45, 2.75) is 6.92 Å². The SMILES string of the molecule is CCOC(=O)/N=[N+](\[O-])c1cccc(Cl)c1. The van der Waals surface area contributed by atoms with Gasteiger partial charge in [-0.25, -0.2) is 4.79 Å². The van der Waals surface area contributed by atoms with Crippen LogP contribution in [0.5, 0.6) is 0 Å². The second-order valence-electron chi connectivity index (χ2n) is 2.55. The largest absolute Gasteiger partial charge is 0.594 e. The first kappa shape index (κ1) is 11.5. The predicted molar refractivity (Wildman–Crippen MR) is 54.2 cm³/mol. The minimum atomic E-state index is -0.924. The number of azo groups is 1. The van der Waals surface area contributed by atoms with E-state index in [-0.39, 0.29) is 17.2 Å². The molecule has 1 aromatic rings. The number of nitrogens with zero attached hydrogens (tertiary/aromatic N) is 2. The van der Waals surface area contributed by atoms with Crippen LogP contribution in [0.15, 0.2) is 29.4 Å². The van der Waals surface area contributed by atoms with Crippen molar-refractivity contribution in [3.8, 4) is 0 Å². The van der Waals surface area contributed by atoms with Gasteiger partial charge in [0.2, 0.25) is 5.69 Å². The van der Waals surface area contributed by atoms with Crippen LogP contribution in [-0.2, 0) is 4.74 Å². The summed E-state index contributed by atoms with van der Waals surface area (Å²) in [6.07, 6.45) is -0.924. The Bertz CT molecular complexity index is 393. The van der Waals surface area contributed by atoms with E-state index < -0.39 is 6.09 Å². The van der Waals surface area contributed by atoms with Crippen molar-refractivity contribution < 1.29 is 14.4 Å². The van der Waals surface area contributed by atoms with Gasteiger partial charge in [-0.3, -0.25) is 0 Å². The summed E-state index contributed by atoms with van der Waals surface area (Å²) < 4.78 is 4.48. The van der Waals surface area contributed by atoms with Crippen LogP contribution in [-0.4, -0.2) is 17.6 Å². The second kappa shape index (κ2) is 5.31. The summed E-state index contributed by atoms with van der Waals surface area (Å²) in [5.41, 5.74) is 0.176. The van der Waals surface area contributed by atoms with Gasteiger partial charge in [0.1, 0.15) is 0 Å². The van der Waals surface area contributed by atoms with E-state index in [9.17, 15) is 10.0 Å². The zero-order chi connectivity index (χ0) is 11.3. The number of benzene rings is 1. The van der Waals surface area contributed by atoms with Gasteiger partial charge in [-0.05, 0) is 17.9 Å². The minimum absolute atomic E-state index is 0.171. The van der Waals surface area contributed by atoms with E-state index in [0.29, 0.717) is 5.02 Å². The number of carbonyl (C=O) groups excluding carboxylic acids is 1. The Morgan fingerprint density at radius 3 is 3.00 bits per heavy atom. The van der Waals surface area contributed by atoms with Crippen LogP contribution in [0.1, 0.15) is 6.92 Å². The molecule has 0 spiro atoms. The third-order valence-electron chi connectivity index (χ3n) is 1.47. The summed E-state index contributed by atoms with van der Waals surface area (Å²) in [6.45, 7) is 1.80. The Morgan fingerprint density at radius 2 is 2.40 bits per heavy atom. The van der Waals surface area contributed by atoms with E-state index in [1.165, 1.54) is 12.1 Å². The van der Waals surface area contributed by atoms with Crippen molar-refractivity contribution in [3.63, 3.8) is 0 Å². The van der Waals surface area contributed by atoms with Gasteiger partial charge in [0.15, 0.2) is 0 Å². The first-order chi connectivity index (χ1) is 7.13. The van der Waals surface area contributed by atoms with E-state index in [1.807, 2.05) is 0 Å². The van der Waals surface area contributed by atoms with Gasteiger partial charge < -0.3 is 9.94 Å². The van der Waals surface area contributed by atoms with Crippen LogP contribution >= 0.6 is 11.6 Å². The molecular weight excluding hydrogens is 220 g/mol. The molecule has 0 saturated carbocycles. The van der Waals surface area contributed by atoms with Crippen LogP contribution in [0, 0.1) is 5.21 Å². The minimum Gasteiger partial charge on any atom is -0.594 e. The van der Waals surface area contributed by atoms with Crippen LogP contribution in [0.4, 0.5) is 10.5 Å². The fraction of sp³-hybridized carbons (Fsp3) is 0.222. The summed E-state index contributed by atoms with van der Waals surface area (Å²) in [6, 6.07) is 6.09. The average molecular weight is 229 g/mol. The molecule has 0 unspecified atom stereocenters. The number of hydrogen-bond donors (Lipinski definition) is 0. The fourth-order valence-corrected chi connectivity index (χ4v) is 1.06. The lowest BCUT2D eigenvalue weighted by atomic mass is 10.3. The molecule has 0 bridgehead atoms. The van der Waals surface area contributed by atoms with Gasteiger partial charge in [0.05, 0.1) is 11.7 Å². The fourth-order valence-electron chi connectivity index (χ4n) is 0.879. The molecule has 0 aliphatic carbocycles. The molecular formula is C9H9ClN2O3. The normalized spacial score (nSPS) is 11.2. The van der Waals surface area contributed by atoms with Crippen molar-refractivity contribution in [1.82, 2.24) is 0 Å². The lowest BCUT2D eigenvalue weighted by Crippen LogP contribution is -2.02. The van der Waals surface area contributed by atoms with E-state index in [2.05, 4.69) is 9.85 Å². The Labute approximate surface area is 91.5 Å². The molecule has 5 nitrogen and oxygen atoms in total. The molecule has 6 heteroatoms. The summed E-state index contributed by atoms with van der Waals surface area (Å²) in [5, 5.41) is 14.8. The maximum absolute atomic E-state index is 11.3. The molecule has 0 aromatic heterocycles. The lowest BCUT2D eigenvalue weighted by molar-refractivity contribution is -0.436. The summed E-state index contributed by atoms with van der Waals surface area (Å²) in [4.78, 5) is 11.0. The van der Waals surface area contributed by atoms with Crippen molar-refractivity contribution in [2.24, 2.45) is 5.11 Å². The Kier molecular flexibility index (Phi) is 4.05. The third-order valence-corrected chi connectivity index (χ3v) is 1.70. The maximum atomic E-state index is 11.3. The molecule has 0 saturated heterocycles. The second-order valence-corrected chi connectivity index (χ2v) is 2.99. The maximum Gasteiger partial charge on any atom is 0.492 e. The standard InChI is InChI=1S/C9H9ClN2O3/c1-2-15-9(13)11-12(14)8-5-3-4-7(10)6-8/h3-6H,2H2,1H3/b12-11-. The van der Waals surface area contributed by atoms with E-state index in [4.69, 9.17) is 11.6 Å². The Morgan fingerprint density at radius 1 is 1.67 bits per heavy atom. The van der Waals surface area contributed by atoms with E-state index in [0.717, 1.165) is 0 Å². The number of amides is 1. The molecule has 1 aromatic carbocycles. The van der Waals surface area contributed by atoms with Gasteiger partial charge in [0.25, 0.3) is 0 Å². The van der Waals surface area contributed by atoms with Crippen LogP contribution in [0.25, 0.3) is 0 Å². The predicted octanol–water partition coefficient (Wildman–Crippen LogP) is 3.09. The highest BCUT2D eigenvalue weighted by Gasteiger charge is 2.08. The monoisotopic (exact) mass is 228 g/mol. The number of halogens is 1. The van der Waals surface area contributed by atoms with Gasteiger partial charge in [-0.1, -0.05) is 17.7 Å². The highest BCUT2D eigenvalue weighted by Crippen LogP contribution is 2.17. The summed E-state index contributed by atoms with van der Waals surface area (Å²) in [5.74, 6) is 0. The first-order valence-electron chi connectivity index (χ1n) is 4.24. The van der Waals surface area contributed by atoms with Gasteiger partial charge in [0, 0.05) is 17.2 Å². The molecule has 1 amide bonds. The molecule has 0 atom stereocenters. The van der Waals surface area contributed by atoms with Crippen molar-refractivity contribution >= 4 is 23.4 Å². The summed E-state index contributed by atoms with van der Waals surface area (Å²) >= 11 is 5.66. The molecule has 0 aliphatic heterocycles. The quantitative estimate of drug-likeness (QED) is 0.444. The first-order valence-corrected chi connectivity index (χ1v) is 4.62. The van der Waals surface area contributed by atoms with E-state index >= 15 is 0 Å². The number of ether oxygens (including phenoxy) is 1. The number of carbonyl (C=O) groups is 1. The molecule has 80 valence electrons. The molecule has 15 heavy (non-hydrogen) atoms. The van der Waals surface area contributed by atoms with Crippen molar-refractivity contribution in [2.75, 3.05) is 6.61 Å². The molecule has 1 rings (SSSR count). The third kappa shape index (κ3) is 3.55. The van der Waals surface area contributed by atoms with E-state index in [1.54, 1.807) is 19.1 Å². The lowest BCUT2D eigenvalue weighted by Gasteiger charge is -1.99. The molecule has 0 N–H and O–H groups in total. The topological polar surface area (TPSA) is 64.7 Å². The highest BCUT2D eigenvalue weighted by molar-refractivity contribution is 6.30. The smallest absolute Gasteiger partial charge is 0.492 e. The van der Waals surface area contributed by atoms with Crippen LogP contribution in [0.2, 0.25) is 5.02 Å². The summed E-state index contributed by atoms with van der Waals surface area (Å²) in [7, 11) is 0. The highest BCUT2D eigenvalue weighted by atomic mass is 35.5.